The van der Waals surface area contributed by atoms with Gasteiger partial charge in [-0.2, -0.15) is 10.4 Å². The maximum atomic E-state index is 12.0. The number of benzene rings is 1. The third-order valence-corrected chi connectivity index (χ3v) is 4.30. The normalized spacial score (nSPS) is 10.1. The number of carbonyl (C=O) groups excluding carboxylic acids is 2. The van der Waals surface area contributed by atoms with Gasteiger partial charge in [-0.05, 0) is 35.2 Å². The van der Waals surface area contributed by atoms with Gasteiger partial charge in [-0.3, -0.25) is 9.48 Å². The van der Waals surface area contributed by atoms with Crippen LogP contribution in [-0.4, -0.2) is 28.3 Å². The van der Waals surface area contributed by atoms with E-state index in [-0.39, 0.29) is 0 Å². The van der Waals surface area contributed by atoms with Gasteiger partial charge in [-0.15, -0.1) is 11.3 Å². The van der Waals surface area contributed by atoms with Gasteiger partial charge in [-0.25, -0.2) is 4.79 Å². The minimum absolute atomic E-state index is 0.357. The number of thiophene rings is 1. The molecular weight excluding hydrogens is 352 g/mol. The summed E-state index contributed by atoms with van der Waals surface area (Å²) in [7, 11) is 0. The Labute approximate surface area is 153 Å². The number of hydrogen-bond acceptors (Lipinski definition) is 6. The minimum atomic E-state index is -0.586. The van der Waals surface area contributed by atoms with E-state index < -0.39 is 18.5 Å². The number of esters is 1. The quantitative estimate of drug-likeness (QED) is 0.677. The van der Waals surface area contributed by atoms with E-state index in [9.17, 15) is 9.59 Å². The van der Waals surface area contributed by atoms with Crippen molar-refractivity contribution in [2.24, 2.45) is 0 Å². The molecule has 0 radical (unpaired) electrons. The molecule has 0 unspecified atom stereocenters. The van der Waals surface area contributed by atoms with Crippen LogP contribution in [0.15, 0.2) is 54.2 Å². The van der Waals surface area contributed by atoms with Gasteiger partial charge >= 0.3 is 5.97 Å². The van der Waals surface area contributed by atoms with Crippen LogP contribution in [-0.2, 0) is 16.1 Å². The Bertz CT molecular complexity index is 940. The third kappa shape index (κ3) is 4.34. The molecule has 0 saturated heterocycles. The van der Waals surface area contributed by atoms with E-state index in [0.717, 1.165) is 5.56 Å². The van der Waals surface area contributed by atoms with Gasteiger partial charge in [-0.1, -0.05) is 12.1 Å². The molecule has 0 bridgehead atoms. The van der Waals surface area contributed by atoms with Crippen molar-refractivity contribution in [2.45, 2.75) is 6.54 Å². The lowest BCUT2D eigenvalue weighted by Crippen LogP contribution is -2.20. The molecule has 26 heavy (non-hydrogen) atoms. The number of aromatic nitrogens is 2. The Morgan fingerprint density at radius 1 is 1.27 bits per heavy atom. The van der Waals surface area contributed by atoms with Gasteiger partial charge in [0.15, 0.2) is 6.61 Å². The predicted molar refractivity (Wildman–Crippen MR) is 95.7 cm³/mol. The van der Waals surface area contributed by atoms with Crippen LogP contribution in [0.5, 0.6) is 0 Å². The highest BCUT2D eigenvalue weighted by atomic mass is 32.1. The Kier molecular flexibility index (Phi) is 5.41. The molecule has 0 aliphatic heterocycles. The van der Waals surface area contributed by atoms with E-state index in [4.69, 9.17) is 10.00 Å². The fourth-order valence-electron chi connectivity index (χ4n) is 2.20. The zero-order valence-electron chi connectivity index (χ0n) is 13.6. The lowest BCUT2D eigenvalue weighted by molar-refractivity contribution is -0.119. The number of rotatable bonds is 6. The summed E-state index contributed by atoms with van der Waals surface area (Å²) in [6.45, 7) is 0.184. The molecule has 8 heteroatoms. The van der Waals surface area contributed by atoms with E-state index in [2.05, 4.69) is 10.4 Å². The van der Waals surface area contributed by atoms with E-state index in [1.165, 1.54) is 11.3 Å². The summed E-state index contributed by atoms with van der Waals surface area (Å²) in [6.07, 6.45) is 3.55. The standard InChI is InChI=1S/C18H14N4O3S/c19-10-15-6-9-26-17(15)21-16(23)12-25-18(24)14-4-2-13(3-5-14)11-22-8-1-7-20-22/h1-9H,11-12H2,(H,21,23). The first-order valence-electron chi connectivity index (χ1n) is 7.66. The summed E-state index contributed by atoms with van der Waals surface area (Å²) in [6, 6.07) is 12.3. The molecule has 0 fully saturated rings. The SMILES string of the molecule is N#Cc1ccsc1NC(=O)COC(=O)c1ccc(Cn2cccn2)cc1. The number of nitrogens with one attached hydrogen (secondary N) is 1. The Hall–Kier alpha value is -3.44. The van der Waals surface area contributed by atoms with E-state index in [1.54, 1.807) is 34.5 Å². The van der Waals surface area contributed by atoms with E-state index in [0.29, 0.717) is 22.7 Å². The van der Waals surface area contributed by atoms with Crippen molar-refractivity contribution < 1.29 is 14.3 Å². The molecule has 130 valence electrons. The van der Waals surface area contributed by atoms with Crippen LogP contribution in [0.4, 0.5) is 5.00 Å². The number of nitrogens with zero attached hydrogens (tertiary/aromatic N) is 3. The van der Waals surface area contributed by atoms with Crippen LogP contribution < -0.4 is 5.32 Å². The van der Waals surface area contributed by atoms with Crippen LogP contribution in [0, 0.1) is 11.3 Å². The molecule has 1 N–H and O–H groups in total. The van der Waals surface area contributed by atoms with Crippen molar-refractivity contribution in [1.82, 2.24) is 9.78 Å². The average molecular weight is 366 g/mol. The Morgan fingerprint density at radius 2 is 2.08 bits per heavy atom. The van der Waals surface area contributed by atoms with Crippen molar-refractivity contribution >= 4 is 28.2 Å². The summed E-state index contributed by atoms with van der Waals surface area (Å²) < 4.78 is 6.79. The number of anilines is 1. The highest BCUT2D eigenvalue weighted by Gasteiger charge is 2.12. The molecule has 0 aliphatic carbocycles. The Morgan fingerprint density at radius 3 is 2.77 bits per heavy atom. The molecule has 1 aromatic carbocycles. The number of nitriles is 1. The van der Waals surface area contributed by atoms with Crippen LogP contribution in [0.1, 0.15) is 21.5 Å². The first-order chi connectivity index (χ1) is 12.7. The first kappa shape index (κ1) is 17.4. The second kappa shape index (κ2) is 8.09. The second-order valence-electron chi connectivity index (χ2n) is 5.30. The zero-order valence-corrected chi connectivity index (χ0v) is 14.4. The largest absolute Gasteiger partial charge is 0.452 e. The molecule has 0 saturated carbocycles. The minimum Gasteiger partial charge on any atom is -0.452 e. The van der Waals surface area contributed by atoms with Crippen molar-refractivity contribution in [2.75, 3.05) is 11.9 Å². The summed E-state index contributed by atoms with van der Waals surface area (Å²) in [5, 5.41) is 17.7. The number of hydrogen-bond donors (Lipinski definition) is 1. The van der Waals surface area contributed by atoms with Gasteiger partial charge in [0.2, 0.25) is 0 Å². The zero-order chi connectivity index (χ0) is 18.4. The first-order valence-corrected chi connectivity index (χ1v) is 8.54. The number of carbonyl (C=O) groups is 2. The van der Waals surface area contributed by atoms with Crippen LogP contribution in [0.25, 0.3) is 0 Å². The fourth-order valence-corrected chi connectivity index (χ4v) is 2.95. The average Bonchev–Trinajstić information content (AvgIpc) is 3.32. The molecule has 0 aliphatic rings. The summed E-state index contributed by atoms with van der Waals surface area (Å²) in [5.74, 6) is -1.08. The maximum absolute atomic E-state index is 12.0. The predicted octanol–water partition coefficient (Wildman–Crippen LogP) is 2.66. The lowest BCUT2D eigenvalue weighted by atomic mass is 10.1. The molecule has 2 aromatic heterocycles. The molecule has 0 spiro atoms. The third-order valence-electron chi connectivity index (χ3n) is 3.47. The molecule has 3 aromatic rings. The van der Waals surface area contributed by atoms with E-state index in [1.807, 2.05) is 30.5 Å². The maximum Gasteiger partial charge on any atom is 0.338 e. The topological polar surface area (TPSA) is 97.0 Å². The molecule has 2 heterocycles. The van der Waals surface area contributed by atoms with Crippen molar-refractivity contribution in [3.8, 4) is 6.07 Å². The molecule has 1 amide bonds. The Balaban J connectivity index is 1.51. The van der Waals surface area contributed by atoms with Crippen LogP contribution in [0.3, 0.4) is 0 Å². The summed E-state index contributed by atoms with van der Waals surface area (Å²) in [4.78, 5) is 23.9. The summed E-state index contributed by atoms with van der Waals surface area (Å²) in [5.41, 5.74) is 1.73. The van der Waals surface area contributed by atoms with Crippen molar-refractivity contribution in [3.63, 3.8) is 0 Å². The van der Waals surface area contributed by atoms with Gasteiger partial charge < -0.3 is 10.1 Å². The molecular formula is C18H14N4O3S. The van der Waals surface area contributed by atoms with Gasteiger partial charge in [0.1, 0.15) is 11.1 Å². The van der Waals surface area contributed by atoms with Gasteiger partial charge in [0.05, 0.1) is 17.7 Å². The number of ether oxygens (including phenoxy) is 1. The monoisotopic (exact) mass is 366 g/mol. The van der Waals surface area contributed by atoms with Crippen molar-refractivity contribution in [3.05, 3.63) is 70.9 Å². The second-order valence-corrected chi connectivity index (χ2v) is 6.22. The lowest BCUT2D eigenvalue weighted by Gasteiger charge is -2.07. The van der Waals surface area contributed by atoms with Crippen molar-refractivity contribution in [1.29, 1.82) is 5.26 Å². The van der Waals surface area contributed by atoms with Gasteiger partial charge in [0.25, 0.3) is 5.91 Å². The van der Waals surface area contributed by atoms with Gasteiger partial charge in [0, 0.05) is 12.4 Å². The van der Waals surface area contributed by atoms with Crippen LogP contribution in [0.2, 0.25) is 0 Å². The fraction of sp³-hybridized carbons (Fsp3) is 0.111. The molecule has 0 atom stereocenters. The smallest absolute Gasteiger partial charge is 0.338 e. The van der Waals surface area contributed by atoms with Crippen LogP contribution >= 0.6 is 11.3 Å². The number of amides is 1. The van der Waals surface area contributed by atoms with E-state index >= 15 is 0 Å². The summed E-state index contributed by atoms with van der Waals surface area (Å²) >= 11 is 1.23. The highest BCUT2D eigenvalue weighted by molar-refractivity contribution is 7.14. The molecule has 7 nitrogen and oxygen atoms in total. The molecule has 3 rings (SSSR count). The highest BCUT2D eigenvalue weighted by Crippen LogP contribution is 2.21.